The Morgan fingerprint density at radius 3 is 1.33 bits per heavy atom. The fraction of sp³-hybridized carbons (Fsp3) is 0.286. The molecule has 5 aromatic carbocycles. The van der Waals surface area contributed by atoms with Gasteiger partial charge in [-0.3, -0.25) is 0 Å². The molecule has 2 aliphatic carbocycles. The Balaban J connectivity index is 0.000000609. The van der Waals surface area contributed by atoms with Gasteiger partial charge in [0.25, 0.3) is 0 Å². The molecule has 0 heterocycles. The SMILES string of the molecule is C1CCCC1.C[C@@H](C1CCCC1c1ccccc1P(c1ccccc1)c1ccccc1)P(c1ccccc1)c1ccccc1.[Fe]. The summed E-state index contributed by atoms with van der Waals surface area (Å²) in [7, 11) is -1.07. The molecule has 0 spiro atoms. The quantitative estimate of drug-likeness (QED) is 0.114. The molecular formula is C42H46FeP2. The summed E-state index contributed by atoms with van der Waals surface area (Å²) in [6.45, 7) is 2.55. The molecule has 0 N–H and O–H groups in total. The summed E-state index contributed by atoms with van der Waals surface area (Å²) in [5, 5.41) is 7.41. The average molecular weight is 669 g/mol. The maximum Gasteiger partial charge on any atom is 0 e. The Labute approximate surface area is 285 Å². The van der Waals surface area contributed by atoms with Gasteiger partial charge in [-0.25, -0.2) is 0 Å². The second-order valence-electron chi connectivity index (χ2n) is 12.3. The zero-order chi connectivity index (χ0) is 30.0. The first kappa shape index (κ1) is 33.8. The van der Waals surface area contributed by atoms with Crippen molar-refractivity contribution in [3.63, 3.8) is 0 Å². The summed E-state index contributed by atoms with van der Waals surface area (Å²) in [6, 6.07) is 54.4. The van der Waals surface area contributed by atoms with Gasteiger partial charge in [-0.1, -0.05) is 191 Å². The van der Waals surface area contributed by atoms with Crippen LogP contribution in [0.5, 0.6) is 0 Å². The second-order valence-corrected chi connectivity index (χ2v) is 17.1. The molecule has 7 rings (SSSR count). The van der Waals surface area contributed by atoms with E-state index in [1.165, 1.54) is 77.9 Å². The van der Waals surface area contributed by atoms with Crippen LogP contribution in [0.2, 0.25) is 0 Å². The topological polar surface area (TPSA) is 0 Å². The number of hydrogen-bond donors (Lipinski definition) is 0. The summed E-state index contributed by atoms with van der Waals surface area (Å²) in [4.78, 5) is 0. The minimum atomic E-state index is -0.619. The van der Waals surface area contributed by atoms with Crippen LogP contribution in [-0.4, -0.2) is 5.66 Å². The minimum Gasteiger partial charge on any atom is -0.0622 e. The first-order chi connectivity index (χ1) is 21.8. The molecule has 0 saturated heterocycles. The van der Waals surface area contributed by atoms with Crippen molar-refractivity contribution in [3.8, 4) is 0 Å². The fourth-order valence-corrected chi connectivity index (χ4v) is 12.9. The van der Waals surface area contributed by atoms with E-state index in [9.17, 15) is 0 Å². The average Bonchev–Trinajstić information content (AvgIpc) is 3.84. The van der Waals surface area contributed by atoms with E-state index in [2.05, 4.69) is 153 Å². The third-order valence-corrected chi connectivity index (χ3v) is 14.9. The zero-order valence-corrected chi connectivity index (χ0v) is 29.4. The molecule has 45 heavy (non-hydrogen) atoms. The first-order valence-electron chi connectivity index (χ1n) is 16.7. The molecule has 5 aromatic rings. The van der Waals surface area contributed by atoms with Gasteiger partial charge in [0.15, 0.2) is 0 Å². The molecular weight excluding hydrogens is 622 g/mol. The summed E-state index contributed by atoms with van der Waals surface area (Å²) < 4.78 is 0. The van der Waals surface area contributed by atoms with Crippen LogP contribution in [0.4, 0.5) is 0 Å². The van der Waals surface area contributed by atoms with Crippen molar-refractivity contribution in [2.75, 3.05) is 0 Å². The minimum absolute atomic E-state index is 0. The van der Waals surface area contributed by atoms with Crippen LogP contribution in [0.15, 0.2) is 146 Å². The van der Waals surface area contributed by atoms with E-state index < -0.39 is 15.8 Å². The number of rotatable bonds is 8. The molecule has 3 atom stereocenters. The maximum atomic E-state index is 2.55. The van der Waals surface area contributed by atoms with Crippen LogP contribution in [-0.2, 0) is 17.1 Å². The third-order valence-electron chi connectivity index (χ3n) is 9.52. The Bertz CT molecular complexity index is 1450. The molecule has 2 saturated carbocycles. The van der Waals surface area contributed by atoms with E-state index in [1.807, 2.05) is 0 Å². The molecule has 0 bridgehead atoms. The molecule has 2 aliphatic rings. The smallest absolute Gasteiger partial charge is 0 e. The maximum absolute atomic E-state index is 2.55. The third kappa shape index (κ3) is 8.45. The van der Waals surface area contributed by atoms with Gasteiger partial charge < -0.3 is 0 Å². The molecule has 0 aromatic heterocycles. The molecule has 0 amide bonds. The molecule has 0 nitrogen and oxygen atoms in total. The summed E-state index contributed by atoms with van der Waals surface area (Å²) in [5.41, 5.74) is 2.19. The summed E-state index contributed by atoms with van der Waals surface area (Å²) in [6.07, 6.45) is 11.4. The molecule has 0 aliphatic heterocycles. The zero-order valence-electron chi connectivity index (χ0n) is 26.5. The van der Waals surface area contributed by atoms with Crippen molar-refractivity contribution in [1.29, 1.82) is 0 Å². The molecule has 232 valence electrons. The van der Waals surface area contributed by atoms with E-state index in [4.69, 9.17) is 0 Å². The van der Waals surface area contributed by atoms with Gasteiger partial charge in [-0.15, -0.1) is 0 Å². The van der Waals surface area contributed by atoms with Gasteiger partial charge in [0.05, 0.1) is 0 Å². The van der Waals surface area contributed by atoms with E-state index in [1.54, 1.807) is 5.56 Å². The molecule has 3 heteroatoms. The Kier molecular flexibility index (Phi) is 13.1. The van der Waals surface area contributed by atoms with Gasteiger partial charge in [0.2, 0.25) is 0 Å². The van der Waals surface area contributed by atoms with Gasteiger partial charge >= 0.3 is 0 Å². The summed E-state index contributed by atoms with van der Waals surface area (Å²) >= 11 is 0. The second kappa shape index (κ2) is 17.4. The van der Waals surface area contributed by atoms with Gasteiger partial charge in [-0.2, -0.15) is 0 Å². The van der Waals surface area contributed by atoms with E-state index in [0.717, 1.165) is 0 Å². The van der Waals surface area contributed by atoms with Crippen molar-refractivity contribution in [2.45, 2.75) is 69.9 Å². The Morgan fingerprint density at radius 2 is 0.867 bits per heavy atom. The van der Waals surface area contributed by atoms with Crippen LogP contribution < -0.4 is 26.5 Å². The van der Waals surface area contributed by atoms with Gasteiger partial charge in [-0.05, 0) is 78.3 Å². The van der Waals surface area contributed by atoms with Crippen LogP contribution >= 0.6 is 15.8 Å². The standard InChI is InChI=1S/C37H36P2.C5H10.Fe/c1-29(38(30-17-6-2-7-18-30)31-19-8-3-9-20-31)34-26-16-27-35(34)36-25-14-15-28-37(36)39(32-21-10-4-11-22-32)33-23-12-5-13-24-33;1-2-4-5-3-1;/h2-15,17-25,28-29,34-35H,16,26-27H2,1H3;1-5H2;/t29-,34?,35?;;/m0../s1. The summed E-state index contributed by atoms with van der Waals surface area (Å²) in [5.74, 6) is 1.26. The normalized spacial score (nSPS) is 18.2. The van der Waals surface area contributed by atoms with Crippen LogP contribution in [0.1, 0.15) is 69.8 Å². The molecule has 0 radical (unpaired) electrons. The van der Waals surface area contributed by atoms with Crippen molar-refractivity contribution < 1.29 is 17.1 Å². The Hall–Kier alpha value is -2.52. The molecule has 2 fully saturated rings. The van der Waals surface area contributed by atoms with Crippen LogP contribution in [0, 0.1) is 5.92 Å². The number of benzene rings is 5. The van der Waals surface area contributed by atoms with Gasteiger partial charge in [0, 0.05) is 17.1 Å². The van der Waals surface area contributed by atoms with Crippen molar-refractivity contribution in [1.82, 2.24) is 0 Å². The van der Waals surface area contributed by atoms with Crippen LogP contribution in [0.25, 0.3) is 0 Å². The Morgan fingerprint density at radius 1 is 0.467 bits per heavy atom. The van der Waals surface area contributed by atoms with Crippen molar-refractivity contribution in [3.05, 3.63) is 151 Å². The van der Waals surface area contributed by atoms with E-state index in [0.29, 0.717) is 17.5 Å². The molecule has 2 unspecified atom stereocenters. The largest absolute Gasteiger partial charge is 0.0622 e. The number of hydrogen-bond acceptors (Lipinski definition) is 0. The van der Waals surface area contributed by atoms with Crippen LogP contribution in [0.3, 0.4) is 0 Å². The predicted molar refractivity (Wildman–Crippen MR) is 197 cm³/mol. The fourth-order valence-electron chi connectivity index (χ4n) is 7.41. The monoisotopic (exact) mass is 668 g/mol. The predicted octanol–water partition coefficient (Wildman–Crippen LogP) is 9.80. The van der Waals surface area contributed by atoms with Crippen molar-refractivity contribution in [2.24, 2.45) is 5.92 Å². The van der Waals surface area contributed by atoms with Gasteiger partial charge in [0.1, 0.15) is 0 Å². The van der Waals surface area contributed by atoms with E-state index >= 15 is 0 Å². The van der Waals surface area contributed by atoms with E-state index in [-0.39, 0.29) is 17.1 Å². The first-order valence-corrected chi connectivity index (χ1v) is 19.4. The van der Waals surface area contributed by atoms with Crippen molar-refractivity contribution >= 4 is 42.4 Å².